The summed E-state index contributed by atoms with van der Waals surface area (Å²) in [5.41, 5.74) is 0.800. The van der Waals surface area contributed by atoms with Crippen LogP contribution in [-0.4, -0.2) is 9.97 Å². The predicted octanol–water partition coefficient (Wildman–Crippen LogP) is 3.50. The average molecular weight is 227 g/mol. The summed E-state index contributed by atoms with van der Waals surface area (Å²) in [4.78, 5) is 8.49. The van der Waals surface area contributed by atoms with Crippen LogP contribution >= 0.6 is 23.2 Å². The Balaban J connectivity index is 2.83. The zero-order valence-corrected chi connectivity index (χ0v) is 9.10. The van der Waals surface area contributed by atoms with Crippen molar-refractivity contribution in [3.8, 4) is 0 Å². The minimum Gasteiger partial charge on any atom is -0.233 e. The van der Waals surface area contributed by atoms with Gasteiger partial charge in [-0.1, -0.05) is 36.2 Å². The van der Waals surface area contributed by atoms with Gasteiger partial charge in [-0.05, 0) is 12.1 Å². The largest absolute Gasteiger partial charge is 0.233 e. The lowest BCUT2D eigenvalue weighted by atomic mass is 10.2. The van der Waals surface area contributed by atoms with Gasteiger partial charge in [-0.3, -0.25) is 0 Å². The Morgan fingerprint density at radius 1 is 1.21 bits per heavy atom. The first-order valence-electron chi connectivity index (χ1n) is 4.33. The van der Waals surface area contributed by atoms with Gasteiger partial charge in [0, 0.05) is 6.42 Å². The molecule has 0 amide bonds. The van der Waals surface area contributed by atoms with Gasteiger partial charge < -0.3 is 0 Å². The normalized spacial score (nSPS) is 10.8. The van der Waals surface area contributed by atoms with Crippen LogP contribution in [0.3, 0.4) is 0 Å². The van der Waals surface area contributed by atoms with Crippen LogP contribution in [0.2, 0.25) is 10.2 Å². The summed E-state index contributed by atoms with van der Waals surface area (Å²) in [6, 6.07) is 5.52. The SMILES string of the molecule is CCc1nc(Cl)c2c(Cl)cccc2n1. The molecule has 0 spiro atoms. The van der Waals surface area contributed by atoms with Crippen molar-refractivity contribution in [1.29, 1.82) is 0 Å². The summed E-state index contributed by atoms with van der Waals surface area (Å²) >= 11 is 12.0. The number of aryl methyl sites for hydroxylation is 1. The van der Waals surface area contributed by atoms with E-state index in [1.54, 1.807) is 6.07 Å². The van der Waals surface area contributed by atoms with Gasteiger partial charge in [0.15, 0.2) is 0 Å². The maximum Gasteiger partial charge on any atom is 0.142 e. The minimum atomic E-state index is 0.428. The van der Waals surface area contributed by atoms with Gasteiger partial charge in [0.05, 0.1) is 15.9 Å². The van der Waals surface area contributed by atoms with E-state index < -0.39 is 0 Å². The molecule has 0 radical (unpaired) electrons. The molecule has 1 aromatic carbocycles. The first-order chi connectivity index (χ1) is 6.72. The lowest BCUT2D eigenvalue weighted by molar-refractivity contribution is 0.961. The highest BCUT2D eigenvalue weighted by molar-refractivity contribution is 6.41. The topological polar surface area (TPSA) is 25.8 Å². The van der Waals surface area contributed by atoms with Crippen LogP contribution in [0, 0.1) is 0 Å². The summed E-state index contributed by atoms with van der Waals surface area (Å²) < 4.78 is 0. The molecule has 1 heterocycles. The van der Waals surface area contributed by atoms with Crippen molar-refractivity contribution in [2.75, 3.05) is 0 Å². The van der Waals surface area contributed by atoms with E-state index >= 15 is 0 Å². The van der Waals surface area contributed by atoms with E-state index in [4.69, 9.17) is 23.2 Å². The number of nitrogens with zero attached hydrogens (tertiary/aromatic N) is 2. The van der Waals surface area contributed by atoms with Crippen molar-refractivity contribution < 1.29 is 0 Å². The number of benzene rings is 1. The maximum atomic E-state index is 6.01. The molecule has 0 fully saturated rings. The Hall–Kier alpha value is -0.860. The van der Waals surface area contributed by atoms with Crippen LogP contribution in [0.4, 0.5) is 0 Å². The first kappa shape index (κ1) is 9.69. The Morgan fingerprint density at radius 3 is 2.71 bits per heavy atom. The molecule has 1 aromatic heterocycles. The molecule has 0 unspecified atom stereocenters. The van der Waals surface area contributed by atoms with Crippen LogP contribution < -0.4 is 0 Å². The molecular weight excluding hydrogens is 219 g/mol. The van der Waals surface area contributed by atoms with E-state index in [9.17, 15) is 0 Å². The Kier molecular flexibility index (Phi) is 2.57. The molecule has 0 saturated carbocycles. The Labute approximate surface area is 91.9 Å². The van der Waals surface area contributed by atoms with E-state index in [-0.39, 0.29) is 0 Å². The lowest BCUT2D eigenvalue weighted by Crippen LogP contribution is -1.94. The van der Waals surface area contributed by atoms with E-state index in [2.05, 4.69) is 9.97 Å². The molecule has 0 aliphatic carbocycles. The molecule has 0 N–H and O–H groups in total. The van der Waals surface area contributed by atoms with Gasteiger partial charge >= 0.3 is 0 Å². The highest BCUT2D eigenvalue weighted by atomic mass is 35.5. The number of halogens is 2. The van der Waals surface area contributed by atoms with Gasteiger partial charge in [0.25, 0.3) is 0 Å². The third-order valence-electron chi connectivity index (χ3n) is 1.99. The molecule has 72 valence electrons. The standard InChI is InChI=1S/C10H8Cl2N2/c1-2-8-13-7-5-3-4-6(11)9(7)10(12)14-8/h3-5H,2H2,1H3. The maximum absolute atomic E-state index is 6.01. The predicted molar refractivity (Wildman–Crippen MR) is 58.9 cm³/mol. The summed E-state index contributed by atoms with van der Waals surface area (Å²) in [7, 11) is 0. The van der Waals surface area contributed by atoms with Gasteiger partial charge in [-0.15, -0.1) is 0 Å². The third-order valence-corrected chi connectivity index (χ3v) is 2.58. The fourth-order valence-electron chi connectivity index (χ4n) is 1.30. The van der Waals surface area contributed by atoms with Gasteiger partial charge in [0.2, 0.25) is 0 Å². The average Bonchev–Trinajstić information content (AvgIpc) is 2.17. The minimum absolute atomic E-state index is 0.428. The van der Waals surface area contributed by atoms with E-state index in [0.29, 0.717) is 10.2 Å². The second-order valence-corrected chi connectivity index (χ2v) is 3.68. The summed E-state index contributed by atoms with van der Waals surface area (Å²) in [5.74, 6) is 0.741. The molecule has 0 saturated heterocycles. The van der Waals surface area contributed by atoms with Crippen LogP contribution in [0.1, 0.15) is 12.7 Å². The highest BCUT2D eigenvalue weighted by Crippen LogP contribution is 2.27. The molecule has 14 heavy (non-hydrogen) atoms. The second kappa shape index (κ2) is 3.71. The summed E-state index contributed by atoms with van der Waals surface area (Å²) in [6.07, 6.45) is 0.766. The highest BCUT2D eigenvalue weighted by Gasteiger charge is 2.07. The van der Waals surface area contributed by atoms with Crippen LogP contribution in [0.5, 0.6) is 0 Å². The number of rotatable bonds is 1. The lowest BCUT2D eigenvalue weighted by Gasteiger charge is -2.03. The van der Waals surface area contributed by atoms with E-state index in [0.717, 1.165) is 23.1 Å². The van der Waals surface area contributed by atoms with Gasteiger partial charge in [-0.25, -0.2) is 9.97 Å². The van der Waals surface area contributed by atoms with Gasteiger partial charge in [-0.2, -0.15) is 0 Å². The zero-order chi connectivity index (χ0) is 10.1. The molecular formula is C10H8Cl2N2. The molecule has 0 aliphatic rings. The van der Waals surface area contributed by atoms with Crippen molar-refractivity contribution in [1.82, 2.24) is 9.97 Å². The van der Waals surface area contributed by atoms with Crippen LogP contribution in [0.15, 0.2) is 18.2 Å². The van der Waals surface area contributed by atoms with Crippen molar-refractivity contribution in [3.05, 3.63) is 34.2 Å². The molecule has 0 atom stereocenters. The smallest absolute Gasteiger partial charge is 0.142 e. The molecule has 2 aromatic rings. The molecule has 4 heteroatoms. The first-order valence-corrected chi connectivity index (χ1v) is 5.08. The van der Waals surface area contributed by atoms with E-state index in [1.807, 2.05) is 19.1 Å². The third kappa shape index (κ3) is 1.56. The zero-order valence-electron chi connectivity index (χ0n) is 7.59. The molecule has 2 rings (SSSR count). The van der Waals surface area contributed by atoms with Crippen molar-refractivity contribution >= 4 is 34.1 Å². The fourth-order valence-corrected chi connectivity index (χ4v) is 1.91. The number of hydrogen-bond acceptors (Lipinski definition) is 2. The quantitative estimate of drug-likeness (QED) is 0.696. The second-order valence-electron chi connectivity index (χ2n) is 2.92. The molecule has 0 bridgehead atoms. The number of hydrogen-bond donors (Lipinski definition) is 0. The van der Waals surface area contributed by atoms with Crippen LogP contribution in [0.25, 0.3) is 10.9 Å². The van der Waals surface area contributed by atoms with E-state index in [1.165, 1.54) is 0 Å². The van der Waals surface area contributed by atoms with Crippen molar-refractivity contribution in [2.45, 2.75) is 13.3 Å². The number of aromatic nitrogens is 2. The van der Waals surface area contributed by atoms with Crippen molar-refractivity contribution in [2.24, 2.45) is 0 Å². The Morgan fingerprint density at radius 2 is 2.00 bits per heavy atom. The fraction of sp³-hybridized carbons (Fsp3) is 0.200. The van der Waals surface area contributed by atoms with Crippen LogP contribution in [-0.2, 0) is 6.42 Å². The summed E-state index contributed by atoms with van der Waals surface area (Å²) in [5, 5.41) is 1.75. The number of fused-ring (bicyclic) bond motifs is 1. The van der Waals surface area contributed by atoms with Crippen molar-refractivity contribution in [3.63, 3.8) is 0 Å². The molecule has 2 nitrogen and oxygen atoms in total. The molecule has 0 aliphatic heterocycles. The summed E-state index contributed by atoms with van der Waals surface area (Å²) in [6.45, 7) is 1.99. The Bertz CT molecular complexity index is 483. The van der Waals surface area contributed by atoms with Gasteiger partial charge in [0.1, 0.15) is 11.0 Å². The monoisotopic (exact) mass is 226 g/mol.